The fourth-order valence-corrected chi connectivity index (χ4v) is 2.23. The lowest BCUT2D eigenvalue weighted by molar-refractivity contribution is 0.359. The molecular formula is C15H21N3. The zero-order valence-corrected chi connectivity index (χ0v) is 11.3. The molecule has 1 aromatic carbocycles. The van der Waals surface area contributed by atoms with Crippen LogP contribution in [0.3, 0.4) is 0 Å². The van der Waals surface area contributed by atoms with Gasteiger partial charge in [-0.1, -0.05) is 36.8 Å². The Hall–Kier alpha value is -1.61. The van der Waals surface area contributed by atoms with E-state index in [1.807, 2.05) is 23.1 Å². The molecule has 0 radical (unpaired) electrons. The van der Waals surface area contributed by atoms with E-state index < -0.39 is 0 Å². The Bertz CT molecular complexity index is 459. The average molecular weight is 243 g/mol. The van der Waals surface area contributed by atoms with E-state index in [1.165, 1.54) is 11.1 Å². The molecule has 0 saturated heterocycles. The van der Waals surface area contributed by atoms with Gasteiger partial charge in [-0.2, -0.15) is 5.10 Å². The predicted molar refractivity (Wildman–Crippen MR) is 74.5 cm³/mol. The van der Waals surface area contributed by atoms with Crippen LogP contribution in [0.2, 0.25) is 0 Å². The maximum absolute atomic E-state index is 4.34. The zero-order chi connectivity index (χ0) is 13.0. The Morgan fingerprint density at radius 3 is 2.56 bits per heavy atom. The molecule has 0 spiro atoms. The lowest BCUT2D eigenvalue weighted by atomic mass is 9.99. The second-order valence-electron chi connectivity index (χ2n) is 4.67. The first-order valence-electron chi connectivity index (χ1n) is 6.51. The van der Waals surface area contributed by atoms with Crippen LogP contribution in [-0.4, -0.2) is 16.3 Å². The van der Waals surface area contributed by atoms with Crippen LogP contribution in [0.4, 0.5) is 0 Å². The summed E-state index contributed by atoms with van der Waals surface area (Å²) >= 11 is 0. The van der Waals surface area contributed by atoms with Crippen molar-refractivity contribution in [1.82, 2.24) is 15.1 Å². The van der Waals surface area contributed by atoms with Gasteiger partial charge in [0.25, 0.3) is 0 Å². The smallest absolute Gasteiger partial charge is 0.0685 e. The number of rotatable bonds is 5. The maximum atomic E-state index is 4.34. The minimum Gasteiger partial charge on any atom is -0.308 e. The van der Waals surface area contributed by atoms with Crippen LogP contribution in [0.15, 0.2) is 42.7 Å². The molecule has 1 heterocycles. The van der Waals surface area contributed by atoms with Crippen LogP contribution >= 0.6 is 0 Å². The molecule has 0 aliphatic rings. The number of hydrogen-bond acceptors (Lipinski definition) is 2. The van der Waals surface area contributed by atoms with Gasteiger partial charge in [0.05, 0.1) is 12.1 Å². The molecule has 0 bridgehead atoms. The van der Waals surface area contributed by atoms with Crippen LogP contribution in [0.1, 0.15) is 37.1 Å². The molecule has 0 amide bonds. The first-order chi connectivity index (χ1) is 8.72. The molecule has 0 fully saturated rings. The quantitative estimate of drug-likeness (QED) is 0.874. The normalized spacial score (nSPS) is 14.4. The summed E-state index contributed by atoms with van der Waals surface area (Å²) in [5, 5.41) is 7.88. The molecule has 3 heteroatoms. The van der Waals surface area contributed by atoms with Gasteiger partial charge in [-0.25, -0.2) is 0 Å². The molecule has 0 aliphatic carbocycles. The van der Waals surface area contributed by atoms with Crippen LogP contribution in [0.5, 0.6) is 0 Å². The SMILES string of the molecule is CCNC(c1ccc(C)cc1)C(C)n1cccn1. The molecule has 96 valence electrons. The number of likely N-dealkylation sites (N-methyl/N-ethyl adjacent to an activating group) is 1. The van der Waals surface area contributed by atoms with E-state index in [1.54, 1.807) is 0 Å². The number of nitrogens with one attached hydrogen (secondary N) is 1. The zero-order valence-electron chi connectivity index (χ0n) is 11.3. The van der Waals surface area contributed by atoms with Gasteiger partial charge in [-0.05, 0) is 32.0 Å². The molecule has 18 heavy (non-hydrogen) atoms. The lowest BCUT2D eigenvalue weighted by Crippen LogP contribution is -2.29. The van der Waals surface area contributed by atoms with E-state index in [0.717, 1.165) is 6.54 Å². The number of aryl methyl sites for hydroxylation is 1. The van der Waals surface area contributed by atoms with Gasteiger partial charge in [-0.15, -0.1) is 0 Å². The largest absolute Gasteiger partial charge is 0.308 e. The van der Waals surface area contributed by atoms with Crippen molar-refractivity contribution in [3.05, 3.63) is 53.9 Å². The van der Waals surface area contributed by atoms with Crippen molar-refractivity contribution in [2.75, 3.05) is 6.54 Å². The molecule has 1 N–H and O–H groups in total. The first kappa shape index (κ1) is 12.8. The summed E-state index contributed by atoms with van der Waals surface area (Å²) in [5.41, 5.74) is 2.60. The maximum Gasteiger partial charge on any atom is 0.0685 e. The second-order valence-corrected chi connectivity index (χ2v) is 4.67. The summed E-state index contributed by atoms with van der Waals surface area (Å²) in [7, 11) is 0. The Morgan fingerprint density at radius 2 is 2.00 bits per heavy atom. The standard InChI is InChI=1S/C15H21N3/c1-4-16-15(13(3)18-11-5-10-17-18)14-8-6-12(2)7-9-14/h5-11,13,15-16H,4H2,1-3H3. The van der Waals surface area contributed by atoms with Gasteiger partial charge in [0.15, 0.2) is 0 Å². The summed E-state index contributed by atoms with van der Waals surface area (Å²) in [6.07, 6.45) is 3.85. The fourth-order valence-electron chi connectivity index (χ4n) is 2.23. The molecule has 3 nitrogen and oxygen atoms in total. The van der Waals surface area contributed by atoms with Crippen molar-refractivity contribution in [2.24, 2.45) is 0 Å². The number of benzene rings is 1. The van der Waals surface area contributed by atoms with Gasteiger partial charge in [0.1, 0.15) is 0 Å². The number of nitrogens with zero attached hydrogens (tertiary/aromatic N) is 2. The van der Waals surface area contributed by atoms with E-state index in [0.29, 0.717) is 6.04 Å². The molecule has 1 aromatic heterocycles. The predicted octanol–water partition coefficient (Wildman–Crippen LogP) is 3.10. The highest BCUT2D eigenvalue weighted by Crippen LogP contribution is 2.25. The van der Waals surface area contributed by atoms with Crippen LogP contribution in [0, 0.1) is 6.92 Å². The van der Waals surface area contributed by atoms with Crippen molar-refractivity contribution >= 4 is 0 Å². The van der Waals surface area contributed by atoms with Crippen LogP contribution in [0.25, 0.3) is 0 Å². The third-order valence-electron chi connectivity index (χ3n) is 3.29. The third kappa shape index (κ3) is 2.79. The summed E-state index contributed by atoms with van der Waals surface area (Å²) in [5.74, 6) is 0. The van der Waals surface area contributed by atoms with Gasteiger partial charge in [0, 0.05) is 12.4 Å². The highest BCUT2D eigenvalue weighted by atomic mass is 15.3. The van der Waals surface area contributed by atoms with E-state index in [9.17, 15) is 0 Å². The minimum atomic E-state index is 0.288. The van der Waals surface area contributed by atoms with E-state index in [4.69, 9.17) is 0 Å². The van der Waals surface area contributed by atoms with Crippen molar-refractivity contribution in [3.63, 3.8) is 0 Å². The van der Waals surface area contributed by atoms with Gasteiger partial charge < -0.3 is 5.32 Å². The van der Waals surface area contributed by atoms with E-state index >= 15 is 0 Å². The number of aromatic nitrogens is 2. The third-order valence-corrected chi connectivity index (χ3v) is 3.29. The number of hydrogen-bond donors (Lipinski definition) is 1. The van der Waals surface area contributed by atoms with Crippen LogP contribution < -0.4 is 5.32 Å². The highest BCUT2D eigenvalue weighted by molar-refractivity contribution is 5.25. The Balaban J connectivity index is 2.25. The lowest BCUT2D eigenvalue weighted by Gasteiger charge is -2.25. The summed E-state index contributed by atoms with van der Waals surface area (Å²) < 4.78 is 2.01. The minimum absolute atomic E-state index is 0.288. The van der Waals surface area contributed by atoms with Crippen molar-refractivity contribution in [1.29, 1.82) is 0 Å². The van der Waals surface area contributed by atoms with Crippen molar-refractivity contribution < 1.29 is 0 Å². The summed E-state index contributed by atoms with van der Waals surface area (Å²) in [6.45, 7) is 7.39. The highest BCUT2D eigenvalue weighted by Gasteiger charge is 2.19. The average Bonchev–Trinajstić information content (AvgIpc) is 2.90. The van der Waals surface area contributed by atoms with Gasteiger partial charge in [0.2, 0.25) is 0 Å². The molecule has 2 unspecified atom stereocenters. The van der Waals surface area contributed by atoms with Gasteiger partial charge >= 0.3 is 0 Å². The Morgan fingerprint density at radius 1 is 1.28 bits per heavy atom. The second kappa shape index (κ2) is 5.83. The van der Waals surface area contributed by atoms with Crippen LogP contribution in [-0.2, 0) is 0 Å². The summed E-state index contributed by atoms with van der Waals surface area (Å²) in [6, 6.07) is 11.3. The monoisotopic (exact) mass is 243 g/mol. The van der Waals surface area contributed by atoms with Crippen molar-refractivity contribution in [3.8, 4) is 0 Å². The van der Waals surface area contributed by atoms with Gasteiger partial charge in [-0.3, -0.25) is 4.68 Å². The Labute approximate surface area is 109 Å². The molecule has 2 aromatic rings. The molecule has 2 rings (SSSR count). The van der Waals surface area contributed by atoms with Crippen molar-refractivity contribution in [2.45, 2.75) is 32.9 Å². The molecular weight excluding hydrogens is 222 g/mol. The molecule has 0 saturated carbocycles. The van der Waals surface area contributed by atoms with E-state index in [-0.39, 0.29) is 6.04 Å². The Kier molecular flexibility index (Phi) is 4.15. The first-order valence-corrected chi connectivity index (χ1v) is 6.51. The molecule has 0 aliphatic heterocycles. The summed E-state index contributed by atoms with van der Waals surface area (Å²) in [4.78, 5) is 0. The molecule has 2 atom stereocenters. The fraction of sp³-hybridized carbons (Fsp3) is 0.400. The van der Waals surface area contributed by atoms with E-state index in [2.05, 4.69) is 55.5 Å². The topological polar surface area (TPSA) is 29.9 Å².